The van der Waals surface area contributed by atoms with E-state index in [2.05, 4.69) is 29.0 Å². The highest BCUT2D eigenvalue weighted by molar-refractivity contribution is 7.88. The molecular weight excluding hydrogens is 402 g/mol. The lowest BCUT2D eigenvalue weighted by Crippen LogP contribution is -2.37. The van der Waals surface area contributed by atoms with E-state index in [1.807, 2.05) is 12.1 Å². The van der Waals surface area contributed by atoms with Crippen LogP contribution in [-0.2, 0) is 14.8 Å². The summed E-state index contributed by atoms with van der Waals surface area (Å²) in [4.78, 5) is 12.4. The molecule has 1 saturated carbocycles. The highest BCUT2D eigenvalue weighted by Crippen LogP contribution is 2.34. The molecule has 0 bridgehead atoms. The molecule has 0 spiro atoms. The standard InChI is InChI=1S/C22H27N3O4S/c1-30(27,28)24-15-20(25-12-11-17(14-23)13-22(25)26)16-29-21-9-7-19(8-10-21)18-5-3-2-4-6-18/h2-6,11-13,19-21,24H,7-10,15-16H2,1H3. The van der Waals surface area contributed by atoms with Gasteiger partial charge < -0.3 is 9.30 Å². The van der Waals surface area contributed by atoms with Crippen molar-refractivity contribution in [2.75, 3.05) is 19.4 Å². The van der Waals surface area contributed by atoms with Gasteiger partial charge in [0.1, 0.15) is 0 Å². The molecule has 1 unspecified atom stereocenters. The smallest absolute Gasteiger partial charge is 0.252 e. The highest BCUT2D eigenvalue weighted by Gasteiger charge is 2.24. The van der Waals surface area contributed by atoms with E-state index >= 15 is 0 Å². The number of nitrogens with zero attached hydrogens (tertiary/aromatic N) is 2. The van der Waals surface area contributed by atoms with Crippen LogP contribution in [-0.4, -0.2) is 38.5 Å². The minimum absolute atomic E-state index is 0.0456. The van der Waals surface area contributed by atoms with Gasteiger partial charge in [0.2, 0.25) is 10.0 Å². The van der Waals surface area contributed by atoms with Gasteiger partial charge in [0.15, 0.2) is 0 Å². The van der Waals surface area contributed by atoms with Gasteiger partial charge in [-0.2, -0.15) is 5.26 Å². The summed E-state index contributed by atoms with van der Waals surface area (Å²) in [5.41, 5.74) is 1.27. The van der Waals surface area contributed by atoms with Gasteiger partial charge in [-0.1, -0.05) is 30.3 Å². The first kappa shape index (κ1) is 22.2. The Kier molecular flexibility index (Phi) is 7.43. The van der Waals surface area contributed by atoms with E-state index in [9.17, 15) is 13.2 Å². The Bertz CT molecular complexity index is 1040. The first-order valence-electron chi connectivity index (χ1n) is 10.1. The quantitative estimate of drug-likeness (QED) is 0.695. The third-order valence-corrected chi connectivity index (χ3v) is 6.21. The first-order valence-corrected chi connectivity index (χ1v) is 12.0. The van der Waals surface area contributed by atoms with Gasteiger partial charge in [-0.05, 0) is 43.2 Å². The Labute approximate surface area is 177 Å². The number of benzene rings is 1. The molecule has 1 atom stereocenters. The second-order valence-electron chi connectivity index (χ2n) is 7.76. The molecule has 8 heteroatoms. The lowest BCUT2D eigenvalue weighted by atomic mass is 9.83. The molecule has 0 radical (unpaired) electrons. The number of sulfonamides is 1. The molecule has 1 aromatic heterocycles. The van der Waals surface area contributed by atoms with E-state index in [1.165, 1.54) is 22.4 Å². The van der Waals surface area contributed by atoms with Crippen molar-refractivity contribution in [2.45, 2.75) is 43.7 Å². The molecule has 0 saturated heterocycles. The van der Waals surface area contributed by atoms with Crippen LogP contribution in [0.5, 0.6) is 0 Å². The fourth-order valence-electron chi connectivity index (χ4n) is 3.88. The van der Waals surface area contributed by atoms with E-state index < -0.39 is 16.1 Å². The van der Waals surface area contributed by atoms with Gasteiger partial charge in [0, 0.05) is 18.8 Å². The summed E-state index contributed by atoms with van der Waals surface area (Å²) >= 11 is 0. The average molecular weight is 430 g/mol. The van der Waals surface area contributed by atoms with E-state index in [0.717, 1.165) is 31.9 Å². The summed E-state index contributed by atoms with van der Waals surface area (Å²) in [6.45, 7) is 0.263. The van der Waals surface area contributed by atoms with Crippen molar-refractivity contribution in [1.82, 2.24) is 9.29 Å². The zero-order chi connectivity index (χ0) is 21.6. The Hall–Kier alpha value is -2.47. The van der Waals surface area contributed by atoms with Crippen molar-refractivity contribution in [3.8, 4) is 6.07 Å². The van der Waals surface area contributed by atoms with Crippen molar-refractivity contribution in [3.05, 3.63) is 70.1 Å². The van der Waals surface area contributed by atoms with Gasteiger partial charge in [-0.25, -0.2) is 13.1 Å². The second kappa shape index (κ2) is 10.0. The predicted molar refractivity (Wildman–Crippen MR) is 115 cm³/mol. The summed E-state index contributed by atoms with van der Waals surface area (Å²) in [6, 6.07) is 14.7. The van der Waals surface area contributed by atoms with Crippen LogP contribution in [0.4, 0.5) is 0 Å². The van der Waals surface area contributed by atoms with Crippen LogP contribution in [0.15, 0.2) is 53.5 Å². The van der Waals surface area contributed by atoms with Crippen molar-refractivity contribution >= 4 is 10.0 Å². The maximum Gasteiger partial charge on any atom is 0.252 e. The van der Waals surface area contributed by atoms with Crippen LogP contribution < -0.4 is 10.3 Å². The number of nitriles is 1. The largest absolute Gasteiger partial charge is 0.376 e. The molecule has 160 valence electrons. The topological polar surface area (TPSA) is 101 Å². The van der Waals surface area contributed by atoms with Gasteiger partial charge in [0.05, 0.1) is 36.6 Å². The summed E-state index contributed by atoms with van der Waals surface area (Å²) in [5, 5.41) is 8.96. The maximum atomic E-state index is 12.4. The summed E-state index contributed by atoms with van der Waals surface area (Å²) < 4.78 is 33.1. The third-order valence-electron chi connectivity index (χ3n) is 5.52. The van der Waals surface area contributed by atoms with Crippen LogP contribution in [0, 0.1) is 11.3 Å². The lowest BCUT2D eigenvalue weighted by Gasteiger charge is -2.30. The van der Waals surface area contributed by atoms with Gasteiger partial charge >= 0.3 is 0 Å². The van der Waals surface area contributed by atoms with Crippen LogP contribution >= 0.6 is 0 Å². The minimum atomic E-state index is -3.41. The van der Waals surface area contributed by atoms with Crippen LogP contribution in [0.1, 0.15) is 48.8 Å². The molecule has 1 fully saturated rings. The monoisotopic (exact) mass is 429 g/mol. The Morgan fingerprint density at radius 1 is 1.20 bits per heavy atom. The normalized spacial score (nSPS) is 20.4. The number of pyridine rings is 1. The number of hydrogen-bond donors (Lipinski definition) is 1. The predicted octanol–water partition coefficient (Wildman–Crippen LogP) is 2.55. The fourth-order valence-corrected chi connectivity index (χ4v) is 4.38. The Morgan fingerprint density at radius 3 is 2.50 bits per heavy atom. The zero-order valence-corrected chi connectivity index (χ0v) is 17.8. The molecule has 1 aliphatic carbocycles. The number of rotatable bonds is 8. The minimum Gasteiger partial charge on any atom is -0.376 e. The van der Waals surface area contributed by atoms with Crippen molar-refractivity contribution in [1.29, 1.82) is 5.26 Å². The SMILES string of the molecule is CS(=O)(=O)NCC(COC1CCC(c2ccccc2)CC1)n1ccc(C#N)cc1=O. The Morgan fingerprint density at radius 2 is 1.90 bits per heavy atom. The molecule has 7 nitrogen and oxygen atoms in total. The molecule has 1 heterocycles. The summed E-state index contributed by atoms with van der Waals surface area (Å²) in [5.74, 6) is 0.537. The van der Waals surface area contributed by atoms with Crippen molar-refractivity contribution < 1.29 is 13.2 Å². The lowest BCUT2D eigenvalue weighted by molar-refractivity contribution is 0.00736. The Balaban J connectivity index is 1.63. The number of aromatic nitrogens is 1. The first-order chi connectivity index (χ1) is 14.4. The van der Waals surface area contributed by atoms with Crippen molar-refractivity contribution in [3.63, 3.8) is 0 Å². The zero-order valence-electron chi connectivity index (χ0n) is 17.0. The summed E-state index contributed by atoms with van der Waals surface area (Å²) in [6.07, 6.45) is 6.61. The molecule has 1 aromatic carbocycles. The molecule has 0 amide bonds. The highest BCUT2D eigenvalue weighted by atomic mass is 32.2. The van der Waals surface area contributed by atoms with E-state index in [0.29, 0.717) is 5.92 Å². The van der Waals surface area contributed by atoms with E-state index in [-0.39, 0.29) is 30.4 Å². The molecule has 1 aliphatic rings. The maximum absolute atomic E-state index is 12.4. The third kappa shape index (κ3) is 6.26. The fraction of sp³-hybridized carbons (Fsp3) is 0.455. The molecule has 2 aromatic rings. The van der Waals surface area contributed by atoms with Gasteiger partial charge in [-0.15, -0.1) is 0 Å². The average Bonchev–Trinajstić information content (AvgIpc) is 2.74. The number of nitrogens with one attached hydrogen (secondary N) is 1. The molecule has 3 rings (SSSR count). The van der Waals surface area contributed by atoms with E-state index in [4.69, 9.17) is 10.00 Å². The van der Waals surface area contributed by atoms with Crippen LogP contribution in [0.3, 0.4) is 0 Å². The second-order valence-corrected chi connectivity index (χ2v) is 9.60. The van der Waals surface area contributed by atoms with Crippen LogP contribution in [0.25, 0.3) is 0 Å². The van der Waals surface area contributed by atoms with E-state index in [1.54, 1.807) is 6.07 Å². The van der Waals surface area contributed by atoms with Gasteiger partial charge in [-0.3, -0.25) is 4.79 Å². The molecular formula is C22H27N3O4S. The van der Waals surface area contributed by atoms with Gasteiger partial charge in [0.25, 0.3) is 5.56 Å². The summed E-state index contributed by atoms with van der Waals surface area (Å²) in [7, 11) is -3.41. The number of ether oxygens (including phenoxy) is 1. The molecule has 30 heavy (non-hydrogen) atoms. The van der Waals surface area contributed by atoms with Crippen LogP contribution in [0.2, 0.25) is 0 Å². The number of hydrogen-bond acceptors (Lipinski definition) is 5. The van der Waals surface area contributed by atoms with Crippen molar-refractivity contribution in [2.24, 2.45) is 0 Å². The molecule has 1 N–H and O–H groups in total. The molecule has 0 aliphatic heterocycles.